The summed E-state index contributed by atoms with van der Waals surface area (Å²) in [6.45, 7) is 4.42. The molecule has 2 N–H and O–H groups in total. The van der Waals surface area contributed by atoms with Gasteiger partial charge in [-0.2, -0.15) is 0 Å². The molecular formula is C15H23NO. The Labute approximate surface area is 104 Å². The van der Waals surface area contributed by atoms with Crippen LogP contribution < -0.4 is 10.5 Å². The Morgan fingerprint density at radius 1 is 1.35 bits per heavy atom. The number of hydrogen-bond donors (Lipinski definition) is 1. The van der Waals surface area contributed by atoms with Gasteiger partial charge in [-0.3, -0.25) is 0 Å². The molecule has 0 fully saturated rings. The van der Waals surface area contributed by atoms with Crippen molar-refractivity contribution in [1.82, 2.24) is 0 Å². The van der Waals surface area contributed by atoms with Gasteiger partial charge in [-0.25, -0.2) is 0 Å². The van der Waals surface area contributed by atoms with Crippen LogP contribution in [0.15, 0.2) is 24.3 Å². The first-order chi connectivity index (χ1) is 8.14. The van der Waals surface area contributed by atoms with E-state index in [4.69, 9.17) is 10.5 Å². The summed E-state index contributed by atoms with van der Waals surface area (Å²) in [4.78, 5) is 0. The molecule has 2 unspecified atom stereocenters. The van der Waals surface area contributed by atoms with Gasteiger partial charge in [0.1, 0.15) is 11.4 Å². The summed E-state index contributed by atoms with van der Waals surface area (Å²) < 4.78 is 6.16. The van der Waals surface area contributed by atoms with E-state index in [9.17, 15) is 0 Å². The summed E-state index contributed by atoms with van der Waals surface area (Å²) >= 11 is 0. The van der Waals surface area contributed by atoms with Crippen molar-refractivity contribution in [3.63, 3.8) is 0 Å². The fourth-order valence-electron chi connectivity index (χ4n) is 2.66. The third-order valence-corrected chi connectivity index (χ3v) is 3.64. The van der Waals surface area contributed by atoms with E-state index < -0.39 is 0 Å². The minimum Gasteiger partial charge on any atom is -0.487 e. The van der Waals surface area contributed by atoms with E-state index in [0.717, 1.165) is 24.2 Å². The molecule has 0 spiro atoms. The van der Waals surface area contributed by atoms with Gasteiger partial charge >= 0.3 is 0 Å². The van der Waals surface area contributed by atoms with E-state index in [1.54, 1.807) is 0 Å². The van der Waals surface area contributed by atoms with Crippen LogP contribution in [0.3, 0.4) is 0 Å². The Bertz CT molecular complexity index is 377. The van der Waals surface area contributed by atoms with E-state index in [-0.39, 0.29) is 11.6 Å². The van der Waals surface area contributed by atoms with Gasteiger partial charge < -0.3 is 10.5 Å². The first kappa shape index (κ1) is 12.4. The normalized spacial score (nSPS) is 27.4. The van der Waals surface area contributed by atoms with E-state index in [0.29, 0.717) is 0 Å². The molecule has 2 rings (SSSR count). The number of para-hydroxylation sites is 1. The van der Waals surface area contributed by atoms with Crippen molar-refractivity contribution in [1.29, 1.82) is 0 Å². The van der Waals surface area contributed by atoms with Gasteiger partial charge in [-0.05, 0) is 25.8 Å². The molecule has 0 amide bonds. The maximum absolute atomic E-state index is 6.25. The zero-order chi connectivity index (χ0) is 12.3. The fourth-order valence-corrected chi connectivity index (χ4v) is 2.66. The number of unbranched alkanes of at least 4 members (excludes halogenated alkanes) is 2. The molecule has 1 heterocycles. The number of benzene rings is 1. The van der Waals surface area contributed by atoms with Crippen molar-refractivity contribution in [2.24, 2.45) is 5.73 Å². The highest BCUT2D eigenvalue weighted by Crippen LogP contribution is 2.40. The minimum atomic E-state index is -0.0804. The SMILES string of the molecule is CCCCCC1(C)CC(N)c2ccccc2O1. The summed E-state index contributed by atoms with van der Waals surface area (Å²) in [7, 11) is 0. The summed E-state index contributed by atoms with van der Waals surface area (Å²) in [5, 5.41) is 0. The lowest BCUT2D eigenvalue weighted by molar-refractivity contribution is 0.0431. The van der Waals surface area contributed by atoms with Crippen LogP contribution in [-0.2, 0) is 0 Å². The van der Waals surface area contributed by atoms with Gasteiger partial charge in [0.05, 0.1) is 0 Å². The molecule has 1 aliphatic heterocycles. The average molecular weight is 233 g/mol. The highest BCUT2D eigenvalue weighted by molar-refractivity contribution is 5.38. The lowest BCUT2D eigenvalue weighted by atomic mass is 9.85. The van der Waals surface area contributed by atoms with Gasteiger partial charge in [-0.1, -0.05) is 38.0 Å². The lowest BCUT2D eigenvalue weighted by Gasteiger charge is -2.39. The fraction of sp³-hybridized carbons (Fsp3) is 0.600. The molecule has 2 nitrogen and oxygen atoms in total. The molecule has 0 bridgehead atoms. The monoisotopic (exact) mass is 233 g/mol. The second-order valence-electron chi connectivity index (χ2n) is 5.36. The Morgan fingerprint density at radius 2 is 2.12 bits per heavy atom. The van der Waals surface area contributed by atoms with Crippen LogP contribution in [-0.4, -0.2) is 5.60 Å². The molecule has 0 aliphatic carbocycles. The van der Waals surface area contributed by atoms with Crippen LogP contribution in [0.25, 0.3) is 0 Å². The highest BCUT2D eigenvalue weighted by Gasteiger charge is 2.34. The molecule has 1 aliphatic rings. The van der Waals surface area contributed by atoms with Gasteiger partial charge in [0.2, 0.25) is 0 Å². The Hall–Kier alpha value is -1.02. The Morgan fingerprint density at radius 3 is 2.88 bits per heavy atom. The van der Waals surface area contributed by atoms with Crippen molar-refractivity contribution < 1.29 is 4.74 Å². The lowest BCUT2D eigenvalue weighted by Crippen LogP contribution is -2.40. The predicted octanol–water partition coefficient (Wildman–Crippen LogP) is 3.81. The van der Waals surface area contributed by atoms with Gasteiger partial charge in [0.25, 0.3) is 0 Å². The number of nitrogens with two attached hydrogens (primary N) is 1. The smallest absolute Gasteiger partial charge is 0.124 e. The first-order valence-electron chi connectivity index (χ1n) is 6.68. The van der Waals surface area contributed by atoms with E-state index in [1.807, 2.05) is 18.2 Å². The number of rotatable bonds is 4. The molecule has 0 saturated heterocycles. The molecule has 2 atom stereocenters. The molecule has 17 heavy (non-hydrogen) atoms. The maximum atomic E-state index is 6.25. The summed E-state index contributed by atoms with van der Waals surface area (Å²) in [5.74, 6) is 0.977. The molecule has 0 aromatic heterocycles. The number of hydrogen-bond acceptors (Lipinski definition) is 2. The third-order valence-electron chi connectivity index (χ3n) is 3.64. The second kappa shape index (κ2) is 5.09. The summed E-state index contributed by atoms with van der Waals surface area (Å²) in [6.07, 6.45) is 5.77. The van der Waals surface area contributed by atoms with Crippen molar-refractivity contribution in [2.45, 2.75) is 57.6 Å². The van der Waals surface area contributed by atoms with Crippen LogP contribution in [0.2, 0.25) is 0 Å². The van der Waals surface area contributed by atoms with Crippen LogP contribution in [0.4, 0.5) is 0 Å². The Kier molecular flexibility index (Phi) is 3.72. The maximum Gasteiger partial charge on any atom is 0.124 e. The standard InChI is InChI=1S/C15H23NO/c1-3-4-7-10-15(2)11-13(16)12-8-5-6-9-14(12)17-15/h5-6,8-9,13H,3-4,7,10-11,16H2,1-2H3. The van der Waals surface area contributed by atoms with E-state index in [2.05, 4.69) is 19.9 Å². The molecular weight excluding hydrogens is 210 g/mol. The second-order valence-corrected chi connectivity index (χ2v) is 5.36. The minimum absolute atomic E-state index is 0.0804. The largest absolute Gasteiger partial charge is 0.487 e. The average Bonchev–Trinajstić information content (AvgIpc) is 2.29. The first-order valence-corrected chi connectivity index (χ1v) is 6.68. The molecule has 0 radical (unpaired) electrons. The van der Waals surface area contributed by atoms with Crippen LogP contribution in [0.1, 0.15) is 57.6 Å². The van der Waals surface area contributed by atoms with Gasteiger partial charge in [-0.15, -0.1) is 0 Å². The quantitative estimate of drug-likeness (QED) is 0.803. The predicted molar refractivity (Wildman–Crippen MR) is 71.2 cm³/mol. The van der Waals surface area contributed by atoms with Crippen molar-refractivity contribution in [3.05, 3.63) is 29.8 Å². The third kappa shape index (κ3) is 2.81. The molecule has 1 aromatic carbocycles. The number of ether oxygens (including phenoxy) is 1. The summed E-state index contributed by atoms with van der Waals surface area (Å²) in [6, 6.07) is 8.27. The van der Waals surface area contributed by atoms with Crippen LogP contribution >= 0.6 is 0 Å². The van der Waals surface area contributed by atoms with Gasteiger partial charge in [0.15, 0.2) is 0 Å². The zero-order valence-corrected chi connectivity index (χ0v) is 10.9. The van der Waals surface area contributed by atoms with Crippen LogP contribution in [0, 0.1) is 0 Å². The summed E-state index contributed by atoms with van der Waals surface area (Å²) in [5.41, 5.74) is 7.32. The molecule has 2 heteroatoms. The van der Waals surface area contributed by atoms with Crippen molar-refractivity contribution in [3.8, 4) is 5.75 Å². The molecule has 1 aromatic rings. The molecule has 0 saturated carbocycles. The van der Waals surface area contributed by atoms with Crippen molar-refractivity contribution >= 4 is 0 Å². The van der Waals surface area contributed by atoms with E-state index >= 15 is 0 Å². The topological polar surface area (TPSA) is 35.2 Å². The van der Waals surface area contributed by atoms with Crippen molar-refractivity contribution in [2.75, 3.05) is 0 Å². The van der Waals surface area contributed by atoms with E-state index in [1.165, 1.54) is 19.3 Å². The molecule has 94 valence electrons. The number of fused-ring (bicyclic) bond motifs is 1. The Balaban J connectivity index is 2.09. The zero-order valence-electron chi connectivity index (χ0n) is 10.9. The van der Waals surface area contributed by atoms with Crippen LogP contribution in [0.5, 0.6) is 5.75 Å². The highest BCUT2D eigenvalue weighted by atomic mass is 16.5. The van der Waals surface area contributed by atoms with Gasteiger partial charge in [0, 0.05) is 18.0 Å².